The fourth-order valence-corrected chi connectivity index (χ4v) is 3.16. The Morgan fingerprint density at radius 1 is 1.19 bits per heavy atom. The van der Waals surface area contributed by atoms with Gasteiger partial charge in [0.15, 0.2) is 0 Å². The van der Waals surface area contributed by atoms with Crippen molar-refractivity contribution in [1.82, 2.24) is 20.1 Å². The van der Waals surface area contributed by atoms with Crippen molar-refractivity contribution in [2.75, 3.05) is 0 Å². The van der Waals surface area contributed by atoms with Crippen molar-refractivity contribution in [2.45, 2.75) is 57.2 Å². The van der Waals surface area contributed by atoms with E-state index in [4.69, 9.17) is 4.74 Å². The lowest BCUT2D eigenvalue weighted by Crippen LogP contribution is -2.39. The fourth-order valence-electron chi connectivity index (χ4n) is 3.16. The van der Waals surface area contributed by atoms with Gasteiger partial charge in [-0.05, 0) is 32.1 Å². The van der Waals surface area contributed by atoms with Crippen molar-refractivity contribution in [2.24, 2.45) is 0 Å². The maximum Gasteiger partial charge on any atom is 0.220 e. The third kappa shape index (κ3) is 5.50. The average molecular weight is 364 g/mol. The van der Waals surface area contributed by atoms with Crippen LogP contribution in [0.25, 0.3) is 0 Å². The summed E-state index contributed by atoms with van der Waals surface area (Å²) in [6.45, 7) is 0.665. The molecule has 2 aromatic rings. The predicted octanol–water partition coefficient (Wildman–Crippen LogP) is 2.84. The maximum absolute atomic E-state index is 13.2. The van der Waals surface area contributed by atoms with Crippen molar-refractivity contribution >= 4 is 5.91 Å². The van der Waals surface area contributed by atoms with E-state index in [0.717, 1.165) is 31.7 Å². The molecule has 1 aliphatic carbocycles. The van der Waals surface area contributed by atoms with Crippen LogP contribution in [0.1, 0.15) is 38.5 Å². The summed E-state index contributed by atoms with van der Waals surface area (Å²) in [7, 11) is 0. The molecule has 0 bridgehead atoms. The molecule has 8 heteroatoms. The normalized spacial score (nSPS) is 19.9. The van der Waals surface area contributed by atoms with Crippen molar-refractivity contribution in [3.63, 3.8) is 0 Å². The van der Waals surface area contributed by atoms with Gasteiger partial charge in [-0.3, -0.25) is 9.48 Å². The number of benzene rings is 1. The van der Waals surface area contributed by atoms with Crippen LogP contribution in [0.3, 0.4) is 0 Å². The molecule has 0 aliphatic heterocycles. The summed E-state index contributed by atoms with van der Waals surface area (Å²) in [4.78, 5) is 15.9. The third-order valence-electron chi connectivity index (χ3n) is 4.44. The van der Waals surface area contributed by atoms with Crippen molar-refractivity contribution in [1.29, 1.82) is 0 Å². The van der Waals surface area contributed by atoms with Gasteiger partial charge in [0, 0.05) is 37.2 Å². The molecule has 1 N–H and O–H groups in total. The Labute approximate surface area is 150 Å². The summed E-state index contributed by atoms with van der Waals surface area (Å²) < 4.78 is 33.8. The van der Waals surface area contributed by atoms with Crippen LogP contribution in [0, 0.1) is 11.6 Å². The zero-order valence-corrected chi connectivity index (χ0v) is 14.4. The largest absolute Gasteiger partial charge is 0.490 e. The summed E-state index contributed by atoms with van der Waals surface area (Å²) in [5.74, 6) is -1.05. The molecule has 1 aromatic heterocycles. The second-order valence-electron chi connectivity index (χ2n) is 6.53. The van der Waals surface area contributed by atoms with Gasteiger partial charge in [-0.15, -0.1) is 0 Å². The van der Waals surface area contributed by atoms with E-state index in [-0.39, 0.29) is 23.8 Å². The molecule has 6 nitrogen and oxygen atoms in total. The third-order valence-corrected chi connectivity index (χ3v) is 4.44. The predicted molar refractivity (Wildman–Crippen MR) is 90.4 cm³/mol. The highest BCUT2D eigenvalue weighted by atomic mass is 19.1. The standard InChI is InChI=1S/C18H22F2N4O2/c19-13-8-14(20)10-17(9-13)26-16-5-3-15(4-6-16)23-18(25)2-1-7-24-12-21-11-22-24/h8-12,15-16H,1-7H2,(H,23,25). The number of nitrogens with one attached hydrogen (secondary N) is 1. The molecule has 1 amide bonds. The van der Waals surface area contributed by atoms with E-state index in [1.807, 2.05) is 0 Å². The summed E-state index contributed by atoms with van der Waals surface area (Å²) in [6, 6.07) is 3.32. The van der Waals surface area contributed by atoms with Gasteiger partial charge in [-0.25, -0.2) is 13.8 Å². The molecule has 1 aromatic carbocycles. The van der Waals surface area contributed by atoms with Crippen LogP contribution >= 0.6 is 0 Å². The maximum atomic E-state index is 13.2. The Hall–Kier alpha value is -2.51. The second-order valence-corrected chi connectivity index (χ2v) is 6.53. The van der Waals surface area contributed by atoms with Gasteiger partial charge in [-0.2, -0.15) is 5.10 Å². The van der Waals surface area contributed by atoms with Crippen LogP contribution in [0.15, 0.2) is 30.9 Å². The van der Waals surface area contributed by atoms with E-state index < -0.39 is 11.6 Å². The molecule has 140 valence electrons. The summed E-state index contributed by atoms with van der Waals surface area (Å²) in [5.41, 5.74) is 0. The first kappa shape index (κ1) is 18.3. The molecule has 1 aliphatic rings. The van der Waals surface area contributed by atoms with Crippen molar-refractivity contribution in [3.8, 4) is 5.75 Å². The number of nitrogens with zero attached hydrogens (tertiary/aromatic N) is 3. The Morgan fingerprint density at radius 2 is 1.92 bits per heavy atom. The minimum Gasteiger partial charge on any atom is -0.490 e. The highest BCUT2D eigenvalue weighted by Crippen LogP contribution is 2.25. The molecule has 1 fully saturated rings. The first-order valence-electron chi connectivity index (χ1n) is 8.83. The number of carbonyl (C=O) groups is 1. The Balaban J connectivity index is 1.36. The fraction of sp³-hybridized carbons (Fsp3) is 0.500. The van der Waals surface area contributed by atoms with E-state index in [1.165, 1.54) is 18.5 Å². The highest BCUT2D eigenvalue weighted by Gasteiger charge is 2.23. The van der Waals surface area contributed by atoms with Gasteiger partial charge < -0.3 is 10.1 Å². The molecule has 1 saturated carbocycles. The lowest BCUT2D eigenvalue weighted by molar-refractivity contribution is -0.122. The number of aryl methyl sites for hydroxylation is 1. The zero-order chi connectivity index (χ0) is 18.4. The molecule has 3 rings (SSSR count). The quantitative estimate of drug-likeness (QED) is 0.820. The van der Waals surface area contributed by atoms with E-state index in [1.54, 1.807) is 11.0 Å². The van der Waals surface area contributed by atoms with Crippen LogP contribution < -0.4 is 10.1 Å². The molecular weight excluding hydrogens is 342 g/mol. The van der Waals surface area contributed by atoms with E-state index >= 15 is 0 Å². The van der Waals surface area contributed by atoms with Crippen molar-refractivity contribution in [3.05, 3.63) is 42.5 Å². The smallest absolute Gasteiger partial charge is 0.220 e. The Morgan fingerprint density at radius 3 is 2.58 bits per heavy atom. The Kier molecular flexibility index (Phi) is 6.14. The minimum atomic E-state index is -0.646. The van der Waals surface area contributed by atoms with Crippen LogP contribution in [0.2, 0.25) is 0 Å². The SMILES string of the molecule is O=C(CCCn1cncn1)NC1CCC(Oc2cc(F)cc(F)c2)CC1. The van der Waals surface area contributed by atoms with Gasteiger partial charge >= 0.3 is 0 Å². The highest BCUT2D eigenvalue weighted by molar-refractivity contribution is 5.76. The molecule has 1 heterocycles. The molecule has 26 heavy (non-hydrogen) atoms. The first-order valence-corrected chi connectivity index (χ1v) is 8.83. The monoisotopic (exact) mass is 364 g/mol. The van der Waals surface area contributed by atoms with Gasteiger partial charge in [0.2, 0.25) is 5.91 Å². The number of hydrogen-bond donors (Lipinski definition) is 1. The summed E-state index contributed by atoms with van der Waals surface area (Å²) in [5, 5.41) is 7.04. The van der Waals surface area contributed by atoms with Gasteiger partial charge in [0.1, 0.15) is 30.0 Å². The first-order chi connectivity index (χ1) is 12.6. The number of halogens is 2. The molecule has 0 spiro atoms. The van der Waals surface area contributed by atoms with Crippen LogP contribution in [-0.2, 0) is 11.3 Å². The van der Waals surface area contributed by atoms with E-state index in [0.29, 0.717) is 19.4 Å². The number of aromatic nitrogens is 3. The van der Waals surface area contributed by atoms with Crippen LogP contribution in [0.5, 0.6) is 5.75 Å². The topological polar surface area (TPSA) is 69.0 Å². The molecule has 0 saturated heterocycles. The summed E-state index contributed by atoms with van der Waals surface area (Å²) >= 11 is 0. The number of carbonyl (C=O) groups excluding carboxylic acids is 1. The van der Waals surface area contributed by atoms with Crippen LogP contribution in [0.4, 0.5) is 8.78 Å². The zero-order valence-electron chi connectivity index (χ0n) is 14.4. The minimum absolute atomic E-state index is 0.0293. The van der Waals surface area contributed by atoms with Crippen LogP contribution in [-0.4, -0.2) is 32.8 Å². The number of ether oxygens (including phenoxy) is 1. The number of hydrogen-bond acceptors (Lipinski definition) is 4. The summed E-state index contributed by atoms with van der Waals surface area (Å²) in [6.07, 6.45) is 7.22. The average Bonchev–Trinajstić information content (AvgIpc) is 3.09. The lowest BCUT2D eigenvalue weighted by Gasteiger charge is -2.29. The van der Waals surface area contributed by atoms with Gasteiger partial charge in [-0.1, -0.05) is 0 Å². The lowest BCUT2D eigenvalue weighted by atomic mass is 9.92. The Bertz CT molecular complexity index is 696. The van der Waals surface area contributed by atoms with E-state index in [9.17, 15) is 13.6 Å². The molecule has 0 unspecified atom stereocenters. The molecule has 0 atom stereocenters. The second kappa shape index (κ2) is 8.73. The van der Waals surface area contributed by atoms with E-state index in [2.05, 4.69) is 15.4 Å². The molecule has 0 radical (unpaired) electrons. The van der Waals surface area contributed by atoms with Crippen molar-refractivity contribution < 1.29 is 18.3 Å². The number of rotatable bonds is 7. The van der Waals surface area contributed by atoms with Gasteiger partial charge in [0.25, 0.3) is 0 Å². The number of amides is 1. The molecular formula is C18H22F2N4O2. The van der Waals surface area contributed by atoms with Gasteiger partial charge in [0.05, 0.1) is 6.10 Å².